The number of nitrogens with one attached hydrogen (secondary N) is 1. The van der Waals surface area contributed by atoms with Crippen LogP contribution in [0.2, 0.25) is 0 Å². The molecule has 1 aromatic rings. The van der Waals surface area contributed by atoms with Crippen LogP contribution in [0, 0.1) is 0 Å². The van der Waals surface area contributed by atoms with Gasteiger partial charge < -0.3 is 9.80 Å². The van der Waals surface area contributed by atoms with E-state index in [1.165, 1.54) is 5.56 Å². The molecule has 1 spiro atoms. The van der Waals surface area contributed by atoms with Gasteiger partial charge in [0.2, 0.25) is 0 Å². The van der Waals surface area contributed by atoms with Crippen molar-refractivity contribution >= 4 is 23.6 Å². The van der Waals surface area contributed by atoms with E-state index in [0.29, 0.717) is 0 Å². The molecule has 4 nitrogen and oxygen atoms in total. The van der Waals surface area contributed by atoms with Crippen molar-refractivity contribution in [2.24, 2.45) is 4.99 Å². The van der Waals surface area contributed by atoms with Gasteiger partial charge in [0, 0.05) is 24.6 Å². The van der Waals surface area contributed by atoms with E-state index in [1.807, 2.05) is 6.21 Å². The molecule has 2 aliphatic heterocycles. The van der Waals surface area contributed by atoms with Crippen molar-refractivity contribution in [3.05, 3.63) is 22.4 Å². The van der Waals surface area contributed by atoms with E-state index in [2.05, 4.69) is 34.2 Å². The summed E-state index contributed by atoms with van der Waals surface area (Å²) < 4.78 is 1.06. The molecular formula is C13H18N3OS+. The molecule has 1 N–H and O–H groups in total. The number of urea groups is 1. The molecule has 0 unspecified atom stereocenters. The lowest BCUT2D eigenvalue weighted by Crippen LogP contribution is -2.58. The minimum absolute atomic E-state index is 0.149. The van der Waals surface area contributed by atoms with Crippen LogP contribution in [-0.4, -0.2) is 42.4 Å². The first-order valence-electron chi connectivity index (χ1n) is 6.31. The van der Waals surface area contributed by atoms with Gasteiger partial charge in [-0.25, -0.2) is 9.79 Å². The van der Waals surface area contributed by atoms with E-state index < -0.39 is 0 Å². The van der Waals surface area contributed by atoms with Crippen LogP contribution in [0.25, 0.3) is 0 Å². The Kier molecular flexibility index (Phi) is 2.75. The van der Waals surface area contributed by atoms with Gasteiger partial charge in [0.1, 0.15) is 6.54 Å². The maximum atomic E-state index is 11.2. The maximum Gasteiger partial charge on any atom is 0.341 e. The number of amides is 2. The zero-order valence-corrected chi connectivity index (χ0v) is 11.4. The van der Waals surface area contributed by atoms with Crippen molar-refractivity contribution < 1.29 is 9.28 Å². The third-order valence-electron chi connectivity index (χ3n) is 4.12. The fourth-order valence-electron chi connectivity index (χ4n) is 2.87. The number of aliphatic imine (C=N–C) groups is 1. The molecule has 2 amide bonds. The first-order chi connectivity index (χ1) is 8.59. The summed E-state index contributed by atoms with van der Waals surface area (Å²) in [5, 5.41) is 7.36. The highest BCUT2D eigenvalue weighted by atomic mass is 32.1. The van der Waals surface area contributed by atoms with Crippen molar-refractivity contribution in [3.8, 4) is 0 Å². The molecule has 0 bridgehead atoms. The van der Waals surface area contributed by atoms with Gasteiger partial charge in [0.05, 0.1) is 25.7 Å². The molecule has 5 heteroatoms. The van der Waals surface area contributed by atoms with Crippen LogP contribution < -0.4 is 5.32 Å². The summed E-state index contributed by atoms with van der Waals surface area (Å²) in [7, 11) is 2.30. The number of hydrogen-bond donors (Lipinski definition) is 1. The van der Waals surface area contributed by atoms with Crippen LogP contribution in [0.15, 0.2) is 21.8 Å². The Bertz CT molecular complexity index is 472. The van der Waals surface area contributed by atoms with E-state index in [1.54, 1.807) is 11.3 Å². The smallest absolute Gasteiger partial charge is 0.325 e. The number of carbonyl (C=O) groups is 1. The lowest BCUT2D eigenvalue weighted by Gasteiger charge is -2.43. The van der Waals surface area contributed by atoms with Crippen LogP contribution in [0.5, 0.6) is 0 Å². The van der Waals surface area contributed by atoms with Gasteiger partial charge in [-0.2, -0.15) is 11.3 Å². The van der Waals surface area contributed by atoms with E-state index in [9.17, 15) is 4.79 Å². The number of quaternary nitrogens is 1. The number of rotatable bonds is 2. The van der Waals surface area contributed by atoms with Crippen molar-refractivity contribution in [3.63, 3.8) is 0 Å². The van der Waals surface area contributed by atoms with Crippen LogP contribution in [0.4, 0.5) is 4.79 Å². The van der Waals surface area contributed by atoms with E-state index >= 15 is 0 Å². The topological polar surface area (TPSA) is 41.5 Å². The van der Waals surface area contributed by atoms with Crippen LogP contribution in [0.3, 0.4) is 0 Å². The Balaban J connectivity index is 1.66. The maximum absolute atomic E-state index is 11.2. The molecule has 0 radical (unpaired) electrons. The predicted molar refractivity (Wildman–Crippen MR) is 72.9 cm³/mol. The van der Waals surface area contributed by atoms with Gasteiger partial charge in [0.25, 0.3) is 0 Å². The highest BCUT2D eigenvalue weighted by Gasteiger charge is 2.43. The zero-order chi connectivity index (χ0) is 12.6. The summed E-state index contributed by atoms with van der Waals surface area (Å²) in [6.45, 7) is 3.26. The van der Waals surface area contributed by atoms with Crippen LogP contribution >= 0.6 is 11.3 Å². The Labute approximate surface area is 111 Å². The molecular weight excluding hydrogens is 246 g/mol. The van der Waals surface area contributed by atoms with Crippen LogP contribution in [0.1, 0.15) is 18.4 Å². The Morgan fingerprint density at radius 1 is 1.50 bits per heavy atom. The molecule has 96 valence electrons. The van der Waals surface area contributed by atoms with Gasteiger partial charge in [-0.05, 0) is 16.8 Å². The number of likely N-dealkylation sites (tertiary alicyclic amines) is 1. The molecule has 1 saturated heterocycles. The number of nitrogens with zero attached hydrogens (tertiary/aromatic N) is 2. The zero-order valence-electron chi connectivity index (χ0n) is 10.6. The average molecular weight is 264 g/mol. The molecule has 0 saturated carbocycles. The number of thiophene rings is 1. The van der Waals surface area contributed by atoms with Crippen molar-refractivity contribution in [2.45, 2.75) is 24.9 Å². The summed E-state index contributed by atoms with van der Waals surface area (Å²) in [5.74, 6) is 0. The Morgan fingerprint density at radius 2 is 2.28 bits per heavy atom. The monoisotopic (exact) mass is 264 g/mol. The number of piperidine rings is 1. The van der Waals surface area contributed by atoms with Gasteiger partial charge in [-0.15, -0.1) is 0 Å². The Hall–Kier alpha value is -1.20. The SMILES string of the molecule is C[N+]1(Cc2ccsc2)CCC2(C=NC(=O)N2)CC1. The minimum Gasteiger partial charge on any atom is -0.325 e. The quantitative estimate of drug-likeness (QED) is 0.816. The highest BCUT2D eigenvalue weighted by Crippen LogP contribution is 2.29. The predicted octanol–water partition coefficient (Wildman–Crippen LogP) is 2.02. The van der Waals surface area contributed by atoms with Crippen molar-refractivity contribution in [1.29, 1.82) is 0 Å². The van der Waals surface area contributed by atoms with Gasteiger partial charge in [-0.1, -0.05) is 0 Å². The first-order valence-corrected chi connectivity index (χ1v) is 7.26. The third-order valence-corrected chi connectivity index (χ3v) is 4.86. The highest BCUT2D eigenvalue weighted by molar-refractivity contribution is 7.07. The van der Waals surface area contributed by atoms with Gasteiger partial charge in [0.15, 0.2) is 0 Å². The standard InChI is InChI=1S/C13H17N3OS/c1-16(8-11-2-7-18-9-11)5-3-13(4-6-16)10-14-12(17)15-13/h2,7,9-10H,3-6,8H2,1H3/p+1. The van der Waals surface area contributed by atoms with Gasteiger partial charge >= 0.3 is 6.03 Å². The largest absolute Gasteiger partial charge is 0.341 e. The van der Waals surface area contributed by atoms with E-state index in [-0.39, 0.29) is 11.6 Å². The average Bonchev–Trinajstić information content (AvgIpc) is 2.95. The second kappa shape index (κ2) is 4.17. The molecule has 3 heterocycles. The summed E-state index contributed by atoms with van der Waals surface area (Å²) in [6, 6.07) is 2.03. The summed E-state index contributed by atoms with van der Waals surface area (Å²) >= 11 is 1.76. The van der Waals surface area contributed by atoms with Crippen molar-refractivity contribution in [2.75, 3.05) is 20.1 Å². The first kappa shape index (κ1) is 11.9. The normalized spacial score (nSPS) is 35.1. The molecule has 3 rings (SSSR count). The van der Waals surface area contributed by atoms with E-state index in [0.717, 1.165) is 37.0 Å². The summed E-state index contributed by atoms with van der Waals surface area (Å²) in [5.41, 5.74) is 1.27. The summed E-state index contributed by atoms with van der Waals surface area (Å²) in [4.78, 5) is 15.1. The fourth-order valence-corrected chi connectivity index (χ4v) is 3.53. The van der Waals surface area contributed by atoms with Crippen molar-refractivity contribution in [1.82, 2.24) is 5.32 Å². The molecule has 2 aliphatic rings. The molecule has 18 heavy (non-hydrogen) atoms. The lowest BCUT2D eigenvalue weighted by atomic mass is 9.88. The molecule has 0 aromatic carbocycles. The lowest BCUT2D eigenvalue weighted by molar-refractivity contribution is -0.927. The Morgan fingerprint density at radius 3 is 2.83 bits per heavy atom. The number of hydrogen-bond acceptors (Lipinski definition) is 2. The number of carbonyl (C=O) groups excluding carboxylic acids is 1. The molecule has 1 fully saturated rings. The van der Waals surface area contributed by atoms with Gasteiger partial charge in [-0.3, -0.25) is 0 Å². The minimum atomic E-state index is -0.177. The van der Waals surface area contributed by atoms with Crippen LogP contribution in [-0.2, 0) is 6.54 Å². The second-order valence-corrected chi connectivity index (χ2v) is 6.48. The summed E-state index contributed by atoms with van der Waals surface area (Å²) in [6.07, 6.45) is 3.80. The second-order valence-electron chi connectivity index (χ2n) is 5.70. The molecule has 0 aliphatic carbocycles. The van der Waals surface area contributed by atoms with E-state index in [4.69, 9.17) is 0 Å². The third kappa shape index (κ3) is 2.20. The molecule has 1 aromatic heterocycles. The fraction of sp³-hybridized carbons (Fsp3) is 0.538. The molecule has 0 atom stereocenters.